The minimum absolute atomic E-state index is 0.575. The van der Waals surface area contributed by atoms with Gasteiger partial charge in [0.05, 0.1) is 51.0 Å². The molecule has 0 amide bonds. The van der Waals surface area contributed by atoms with E-state index in [4.69, 9.17) is 0 Å². The first-order valence-electron chi connectivity index (χ1n) is 15.9. The van der Waals surface area contributed by atoms with Crippen LogP contribution in [0.1, 0.15) is 11.1 Å². The minimum Gasteiger partial charge on any atom is -0.309 e. The van der Waals surface area contributed by atoms with Crippen molar-refractivity contribution in [1.29, 1.82) is 10.5 Å². The average Bonchev–Trinajstić information content (AvgIpc) is 3.67. The van der Waals surface area contributed by atoms with E-state index in [1.165, 1.54) is 21.8 Å². The monoisotopic (exact) mass is 610 g/mol. The second-order valence-electron chi connectivity index (χ2n) is 12.0. The molecule has 0 atom stereocenters. The molecular weight excluding hydrogens is 585 g/mol. The highest BCUT2D eigenvalue weighted by Gasteiger charge is 2.18. The molecule has 0 aliphatic heterocycles. The molecule has 0 saturated heterocycles. The average molecular weight is 611 g/mol. The van der Waals surface area contributed by atoms with E-state index >= 15 is 0 Å². The molecule has 7 aromatic carbocycles. The third-order valence-corrected chi connectivity index (χ3v) is 9.36. The predicted octanol–water partition coefficient (Wildman–Crippen LogP) is 11.0. The van der Waals surface area contributed by atoms with Gasteiger partial charge in [-0.1, -0.05) is 91.0 Å². The van der Waals surface area contributed by atoms with Crippen LogP contribution in [0.4, 0.5) is 0 Å². The SMILES string of the molecule is N#Cc1cc(-c2ccc(-n3c4ccccc4c4ccccc43)cc2)cc(-c2ccc(C#N)cc2-n2c3ccccc3c3ccccc32)c1. The quantitative estimate of drug-likeness (QED) is 0.199. The van der Waals surface area contributed by atoms with E-state index in [0.717, 1.165) is 55.4 Å². The molecule has 2 heterocycles. The molecule has 9 rings (SSSR count). The minimum atomic E-state index is 0.575. The van der Waals surface area contributed by atoms with Crippen LogP contribution in [0, 0.1) is 22.7 Å². The highest BCUT2D eigenvalue weighted by atomic mass is 15.0. The van der Waals surface area contributed by atoms with Crippen LogP contribution >= 0.6 is 0 Å². The maximum atomic E-state index is 10.2. The Morgan fingerprint density at radius 2 is 0.854 bits per heavy atom. The Morgan fingerprint density at radius 1 is 0.375 bits per heavy atom. The van der Waals surface area contributed by atoms with Crippen LogP contribution in [0.15, 0.2) is 158 Å². The fourth-order valence-corrected chi connectivity index (χ4v) is 7.23. The van der Waals surface area contributed by atoms with E-state index in [0.29, 0.717) is 11.1 Å². The Balaban J connectivity index is 1.21. The lowest BCUT2D eigenvalue weighted by atomic mass is 9.94. The van der Waals surface area contributed by atoms with E-state index < -0.39 is 0 Å². The van der Waals surface area contributed by atoms with E-state index in [1.807, 2.05) is 42.5 Å². The molecule has 2 aromatic heterocycles. The topological polar surface area (TPSA) is 57.4 Å². The van der Waals surface area contributed by atoms with Crippen molar-refractivity contribution in [2.45, 2.75) is 0 Å². The van der Waals surface area contributed by atoms with Gasteiger partial charge < -0.3 is 9.13 Å². The van der Waals surface area contributed by atoms with E-state index in [1.54, 1.807) is 0 Å². The number of rotatable bonds is 4. The molecule has 4 nitrogen and oxygen atoms in total. The Labute approximate surface area is 277 Å². The third-order valence-electron chi connectivity index (χ3n) is 9.36. The number of fused-ring (bicyclic) bond motifs is 6. The first-order chi connectivity index (χ1) is 23.7. The van der Waals surface area contributed by atoms with Gasteiger partial charge in [0.25, 0.3) is 0 Å². The second kappa shape index (κ2) is 10.9. The smallest absolute Gasteiger partial charge is 0.0992 e. The summed E-state index contributed by atoms with van der Waals surface area (Å²) in [7, 11) is 0. The number of benzene rings is 7. The number of hydrogen-bond acceptors (Lipinski definition) is 2. The van der Waals surface area contributed by atoms with Gasteiger partial charge in [-0.15, -0.1) is 0 Å². The summed E-state index contributed by atoms with van der Waals surface area (Å²) in [5.74, 6) is 0. The lowest BCUT2D eigenvalue weighted by Gasteiger charge is -2.16. The molecule has 48 heavy (non-hydrogen) atoms. The molecule has 0 N–H and O–H groups in total. The normalized spacial score (nSPS) is 11.3. The molecule has 0 aliphatic rings. The van der Waals surface area contributed by atoms with Crippen LogP contribution in [-0.4, -0.2) is 9.13 Å². The molecule has 0 radical (unpaired) electrons. The molecule has 0 bridgehead atoms. The van der Waals surface area contributed by atoms with Crippen LogP contribution in [0.2, 0.25) is 0 Å². The van der Waals surface area contributed by atoms with Gasteiger partial charge in [0, 0.05) is 32.8 Å². The third kappa shape index (κ3) is 4.22. The highest BCUT2D eigenvalue weighted by Crippen LogP contribution is 2.39. The van der Waals surface area contributed by atoms with Crippen LogP contribution < -0.4 is 0 Å². The molecule has 0 aliphatic carbocycles. The van der Waals surface area contributed by atoms with Crippen molar-refractivity contribution >= 4 is 43.6 Å². The first-order valence-corrected chi connectivity index (χ1v) is 15.9. The molecule has 0 spiro atoms. The molecule has 0 saturated carbocycles. The maximum Gasteiger partial charge on any atom is 0.0992 e. The zero-order valence-corrected chi connectivity index (χ0v) is 25.8. The Hall–Kier alpha value is -6.88. The molecule has 4 heteroatoms. The summed E-state index contributed by atoms with van der Waals surface area (Å²) in [5.41, 5.74) is 11.4. The van der Waals surface area contributed by atoms with Gasteiger partial charge in [0.2, 0.25) is 0 Å². The van der Waals surface area contributed by atoms with Crippen molar-refractivity contribution in [3.05, 3.63) is 169 Å². The maximum absolute atomic E-state index is 10.2. The predicted molar refractivity (Wildman–Crippen MR) is 195 cm³/mol. The standard InChI is InChI=1S/C44H26N4/c45-27-29-17-22-35(44(25-29)48-42-15-7-3-11-38(42)39-12-4-8-16-43(39)48)33-24-30(28-46)23-32(26-33)31-18-20-34(21-19-31)47-40-13-5-1-9-36(40)37-10-2-6-14-41(37)47/h1-26H. The molecule has 9 aromatic rings. The fourth-order valence-electron chi connectivity index (χ4n) is 7.23. The van der Waals surface area contributed by atoms with Crippen molar-refractivity contribution < 1.29 is 0 Å². The highest BCUT2D eigenvalue weighted by molar-refractivity contribution is 6.10. The van der Waals surface area contributed by atoms with Gasteiger partial charge in [-0.05, 0) is 83.4 Å². The summed E-state index contributed by atoms with van der Waals surface area (Å²) < 4.78 is 4.54. The molecular formula is C44H26N4. The van der Waals surface area contributed by atoms with Gasteiger partial charge in [0.1, 0.15) is 0 Å². The largest absolute Gasteiger partial charge is 0.309 e. The van der Waals surface area contributed by atoms with Crippen LogP contribution in [-0.2, 0) is 0 Å². The summed E-state index contributed by atoms with van der Waals surface area (Å²) >= 11 is 0. The summed E-state index contributed by atoms with van der Waals surface area (Å²) in [6.45, 7) is 0. The van der Waals surface area contributed by atoms with Crippen molar-refractivity contribution in [2.24, 2.45) is 0 Å². The second-order valence-corrected chi connectivity index (χ2v) is 12.0. The first kappa shape index (κ1) is 27.4. The number of para-hydroxylation sites is 4. The Bertz CT molecular complexity index is 2690. The summed E-state index contributed by atoms with van der Waals surface area (Å²) in [6, 6.07) is 58.9. The van der Waals surface area contributed by atoms with E-state index in [9.17, 15) is 10.5 Å². The van der Waals surface area contributed by atoms with E-state index in [-0.39, 0.29) is 0 Å². The summed E-state index contributed by atoms with van der Waals surface area (Å²) in [5, 5.41) is 24.8. The van der Waals surface area contributed by atoms with Gasteiger partial charge in [-0.3, -0.25) is 0 Å². The summed E-state index contributed by atoms with van der Waals surface area (Å²) in [4.78, 5) is 0. The van der Waals surface area contributed by atoms with Gasteiger partial charge in [-0.2, -0.15) is 10.5 Å². The van der Waals surface area contributed by atoms with Gasteiger partial charge in [0.15, 0.2) is 0 Å². The lowest BCUT2D eigenvalue weighted by molar-refractivity contribution is 1.18. The molecule has 0 fully saturated rings. The summed E-state index contributed by atoms with van der Waals surface area (Å²) in [6.07, 6.45) is 0. The van der Waals surface area contributed by atoms with Crippen LogP contribution in [0.3, 0.4) is 0 Å². The number of hydrogen-bond donors (Lipinski definition) is 0. The van der Waals surface area contributed by atoms with Crippen LogP contribution in [0.25, 0.3) is 77.2 Å². The molecule has 222 valence electrons. The number of nitrogens with zero attached hydrogens (tertiary/aromatic N) is 4. The van der Waals surface area contributed by atoms with Gasteiger partial charge >= 0.3 is 0 Å². The van der Waals surface area contributed by atoms with Gasteiger partial charge in [-0.25, -0.2) is 0 Å². The van der Waals surface area contributed by atoms with Crippen molar-refractivity contribution in [3.63, 3.8) is 0 Å². The zero-order valence-electron chi connectivity index (χ0n) is 25.8. The number of aromatic nitrogens is 2. The van der Waals surface area contributed by atoms with Crippen molar-refractivity contribution in [1.82, 2.24) is 9.13 Å². The Kier molecular flexibility index (Phi) is 6.22. The molecule has 0 unspecified atom stereocenters. The van der Waals surface area contributed by atoms with E-state index in [2.05, 4.69) is 137 Å². The lowest BCUT2D eigenvalue weighted by Crippen LogP contribution is -1.99. The van der Waals surface area contributed by atoms with Crippen molar-refractivity contribution in [2.75, 3.05) is 0 Å². The van der Waals surface area contributed by atoms with Crippen molar-refractivity contribution in [3.8, 4) is 45.8 Å². The van der Waals surface area contributed by atoms with Crippen LogP contribution in [0.5, 0.6) is 0 Å². The Morgan fingerprint density at radius 3 is 1.38 bits per heavy atom. The zero-order chi connectivity index (χ0) is 32.2. The number of nitriles is 2. The fraction of sp³-hybridized carbons (Fsp3) is 0.